The third-order valence-corrected chi connectivity index (χ3v) is 7.33. The van der Waals surface area contributed by atoms with Crippen LogP contribution in [0.5, 0.6) is 0 Å². The summed E-state index contributed by atoms with van der Waals surface area (Å²) in [6, 6.07) is 14.5. The van der Waals surface area contributed by atoms with E-state index in [1.165, 1.54) is 5.56 Å². The van der Waals surface area contributed by atoms with Gasteiger partial charge in [0.2, 0.25) is 5.91 Å². The number of carbonyl (C=O) groups is 1. The highest BCUT2D eigenvalue weighted by molar-refractivity contribution is 5.87. The molecule has 0 unspecified atom stereocenters. The number of aromatic amines is 1. The van der Waals surface area contributed by atoms with E-state index in [2.05, 4.69) is 56.5 Å². The number of nitrogens with one attached hydrogen (secondary N) is 2. The number of nitrogens with zero attached hydrogens (tertiary/aromatic N) is 4. The van der Waals surface area contributed by atoms with Crippen LogP contribution in [0, 0.1) is 5.92 Å². The van der Waals surface area contributed by atoms with Gasteiger partial charge in [0.1, 0.15) is 0 Å². The van der Waals surface area contributed by atoms with Crippen LogP contribution in [-0.2, 0) is 11.3 Å². The molecule has 2 N–H and O–H groups in total. The molecule has 2 aromatic heterocycles. The van der Waals surface area contributed by atoms with E-state index in [1.54, 1.807) is 0 Å². The summed E-state index contributed by atoms with van der Waals surface area (Å²) in [5.74, 6) is 1.98. The number of carbonyl (C=O) groups excluding carboxylic acids is 1. The van der Waals surface area contributed by atoms with Gasteiger partial charge in [-0.3, -0.25) is 9.89 Å². The normalized spacial score (nSPS) is 19.9. The number of likely N-dealkylation sites (tertiary alicyclic amines) is 2. The lowest BCUT2D eigenvalue weighted by molar-refractivity contribution is -0.131. The van der Waals surface area contributed by atoms with Crippen LogP contribution >= 0.6 is 0 Å². The van der Waals surface area contributed by atoms with Crippen molar-refractivity contribution in [3.05, 3.63) is 53.7 Å². The van der Waals surface area contributed by atoms with E-state index in [-0.39, 0.29) is 0 Å². The van der Waals surface area contributed by atoms with Crippen molar-refractivity contribution < 1.29 is 4.79 Å². The Kier molecular flexibility index (Phi) is 6.58. The van der Waals surface area contributed by atoms with E-state index in [0.29, 0.717) is 24.2 Å². The van der Waals surface area contributed by atoms with Crippen LogP contribution in [-0.4, -0.2) is 63.6 Å². The molecular formula is C26H34N6O. The Morgan fingerprint density at radius 3 is 2.70 bits per heavy atom. The number of amides is 1. The highest BCUT2D eigenvalue weighted by atomic mass is 16.2. The molecule has 0 radical (unpaired) electrons. The first-order valence-electron chi connectivity index (χ1n) is 12.3. The summed E-state index contributed by atoms with van der Waals surface area (Å²) < 4.78 is 0. The molecule has 2 aliphatic rings. The number of rotatable bonds is 7. The Hall–Kier alpha value is -2.93. The van der Waals surface area contributed by atoms with Crippen molar-refractivity contribution in [1.29, 1.82) is 0 Å². The van der Waals surface area contributed by atoms with Gasteiger partial charge in [0, 0.05) is 37.7 Å². The van der Waals surface area contributed by atoms with Gasteiger partial charge in [0.25, 0.3) is 0 Å². The molecule has 0 saturated carbocycles. The summed E-state index contributed by atoms with van der Waals surface area (Å²) in [6.07, 6.45) is 3.98. The summed E-state index contributed by atoms with van der Waals surface area (Å²) in [4.78, 5) is 22.3. The van der Waals surface area contributed by atoms with Gasteiger partial charge in [-0.15, -0.1) is 0 Å². The third-order valence-electron chi connectivity index (χ3n) is 7.33. The average Bonchev–Trinajstić information content (AvgIpc) is 3.51. The fourth-order valence-electron chi connectivity index (χ4n) is 5.17. The predicted octanol–water partition coefficient (Wildman–Crippen LogP) is 4.01. The molecule has 3 aromatic rings. The molecule has 2 saturated heterocycles. The van der Waals surface area contributed by atoms with Gasteiger partial charge in [-0.05, 0) is 62.5 Å². The standard InChI is InChI=1S/C26H34N6O/c1-2-31-13-10-19(11-14-31)16-24(33)32-15-12-21(18-32)23-9-8-22-25(29-30-26(22)28-23)27-17-20-6-4-3-5-7-20/h3-9,19,21H,2,10-18H2,1H3,(H2,27,28,29,30)/t21-/m1/s1. The van der Waals surface area contributed by atoms with E-state index in [9.17, 15) is 4.79 Å². The Morgan fingerprint density at radius 1 is 1.09 bits per heavy atom. The van der Waals surface area contributed by atoms with Gasteiger partial charge in [0.15, 0.2) is 11.5 Å². The second-order valence-electron chi connectivity index (χ2n) is 9.45. The lowest BCUT2D eigenvalue weighted by Gasteiger charge is -2.31. The highest BCUT2D eigenvalue weighted by Gasteiger charge is 2.30. The van der Waals surface area contributed by atoms with Crippen molar-refractivity contribution in [2.24, 2.45) is 5.92 Å². The minimum Gasteiger partial charge on any atom is -0.364 e. The smallest absolute Gasteiger partial charge is 0.222 e. The number of H-pyrrole nitrogens is 1. The van der Waals surface area contributed by atoms with Gasteiger partial charge in [0.05, 0.1) is 5.39 Å². The van der Waals surface area contributed by atoms with E-state index < -0.39 is 0 Å². The van der Waals surface area contributed by atoms with Crippen LogP contribution in [0.2, 0.25) is 0 Å². The van der Waals surface area contributed by atoms with Crippen LogP contribution in [0.4, 0.5) is 5.82 Å². The zero-order valence-electron chi connectivity index (χ0n) is 19.5. The highest BCUT2D eigenvalue weighted by Crippen LogP contribution is 2.30. The first kappa shape index (κ1) is 21.9. The molecule has 2 aliphatic heterocycles. The predicted molar refractivity (Wildman–Crippen MR) is 131 cm³/mol. The largest absolute Gasteiger partial charge is 0.364 e. The summed E-state index contributed by atoms with van der Waals surface area (Å²) in [7, 11) is 0. The van der Waals surface area contributed by atoms with Crippen LogP contribution < -0.4 is 5.32 Å². The third kappa shape index (κ3) is 5.03. The van der Waals surface area contributed by atoms with Crippen molar-refractivity contribution >= 4 is 22.8 Å². The number of benzene rings is 1. The van der Waals surface area contributed by atoms with Crippen LogP contribution in [0.3, 0.4) is 0 Å². The van der Waals surface area contributed by atoms with E-state index in [0.717, 1.165) is 81.1 Å². The molecule has 4 heterocycles. The molecule has 1 atom stereocenters. The second-order valence-corrected chi connectivity index (χ2v) is 9.45. The number of hydrogen-bond donors (Lipinski definition) is 2. The van der Waals surface area contributed by atoms with Crippen LogP contribution in [0.1, 0.15) is 49.8 Å². The molecule has 33 heavy (non-hydrogen) atoms. The molecule has 2 fully saturated rings. The lowest BCUT2D eigenvalue weighted by Crippen LogP contribution is -2.36. The summed E-state index contributed by atoms with van der Waals surface area (Å²) >= 11 is 0. The summed E-state index contributed by atoms with van der Waals surface area (Å²) in [6.45, 7) is 7.93. The molecule has 0 spiro atoms. The van der Waals surface area contributed by atoms with Crippen molar-refractivity contribution in [3.63, 3.8) is 0 Å². The van der Waals surface area contributed by atoms with Crippen molar-refractivity contribution in [2.45, 2.75) is 45.1 Å². The van der Waals surface area contributed by atoms with Crippen LogP contribution in [0.25, 0.3) is 11.0 Å². The zero-order chi connectivity index (χ0) is 22.6. The Balaban J connectivity index is 1.17. The molecule has 1 aromatic carbocycles. The first-order valence-corrected chi connectivity index (χ1v) is 12.3. The van der Waals surface area contributed by atoms with Crippen LogP contribution in [0.15, 0.2) is 42.5 Å². The second kappa shape index (κ2) is 9.91. The number of piperidine rings is 1. The monoisotopic (exact) mass is 446 g/mol. The van der Waals surface area contributed by atoms with E-state index >= 15 is 0 Å². The molecule has 0 bridgehead atoms. The number of hydrogen-bond acceptors (Lipinski definition) is 5. The lowest BCUT2D eigenvalue weighted by atomic mass is 9.93. The first-order chi connectivity index (χ1) is 16.2. The topological polar surface area (TPSA) is 77.2 Å². The van der Waals surface area contributed by atoms with Crippen molar-refractivity contribution in [1.82, 2.24) is 25.0 Å². The molecule has 0 aliphatic carbocycles. The molecule has 5 rings (SSSR count). The Morgan fingerprint density at radius 2 is 1.91 bits per heavy atom. The molecule has 174 valence electrons. The minimum absolute atomic E-state index is 0.296. The van der Waals surface area contributed by atoms with Gasteiger partial charge in [-0.1, -0.05) is 37.3 Å². The van der Waals surface area contributed by atoms with Gasteiger partial charge in [-0.2, -0.15) is 5.10 Å². The maximum absolute atomic E-state index is 12.9. The molecule has 7 nitrogen and oxygen atoms in total. The quantitative estimate of drug-likeness (QED) is 0.574. The summed E-state index contributed by atoms with van der Waals surface area (Å²) in [5, 5.41) is 11.9. The van der Waals surface area contributed by atoms with Crippen molar-refractivity contribution in [3.8, 4) is 0 Å². The number of aromatic nitrogens is 3. The fraction of sp³-hybridized carbons (Fsp3) is 0.500. The number of anilines is 1. The van der Waals surface area contributed by atoms with E-state index in [1.807, 2.05) is 18.2 Å². The van der Waals surface area contributed by atoms with Gasteiger partial charge in [-0.25, -0.2) is 4.98 Å². The maximum atomic E-state index is 12.9. The number of fused-ring (bicyclic) bond motifs is 1. The van der Waals surface area contributed by atoms with E-state index in [4.69, 9.17) is 4.98 Å². The fourth-order valence-corrected chi connectivity index (χ4v) is 5.17. The molecule has 1 amide bonds. The Bertz CT molecular complexity index is 1070. The number of pyridine rings is 1. The zero-order valence-corrected chi connectivity index (χ0v) is 19.5. The van der Waals surface area contributed by atoms with Gasteiger partial charge >= 0.3 is 0 Å². The van der Waals surface area contributed by atoms with Gasteiger partial charge < -0.3 is 15.1 Å². The van der Waals surface area contributed by atoms with Crippen molar-refractivity contribution in [2.75, 3.05) is 38.0 Å². The average molecular weight is 447 g/mol. The Labute approximate surface area is 195 Å². The molecular weight excluding hydrogens is 412 g/mol. The molecule has 7 heteroatoms. The summed E-state index contributed by atoms with van der Waals surface area (Å²) in [5.41, 5.74) is 3.06. The SMILES string of the molecule is CCN1CCC(CC(=O)N2CC[C@@H](c3ccc4c(NCc5ccccc5)n[nH]c4n3)C2)CC1. The minimum atomic E-state index is 0.296. The maximum Gasteiger partial charge on any atom is 0.222 e.